The zero-order valence-electron chi connectivity index (χ0n) is 5.90. The van der Waals surface area contributed by atoms with Gasteiger partial charge >= 0.3 is 0 Å². The first-order valence-corrected chi connectivity index (χ1v) is 3.39. The molecule has 0 aromatic carbocycles. The summed E-state index contributed by atoms with van der Waals surface area (Å²) in [5, 5.41) is 0. The van der Waals surface area contributed by atoms with E-state index >= 15 is 0 Å². The summed E-state index contributed by atoms with van der Waals surface area (Å²) in [5.41, 5.74) is 0. The van der Waals surface area contributed by atoms with E-state index in [1.165, 1.54) is 0 Å². The van der Waals surface area contributed by atoms with Crippen LogP contribution in [0.15, 0.2) is 0 Å². The van der Waals surface area contributed by atoms with Crippen molar-refractivity contribution in [2.45, 2.75) is 25.7 Å². The molecule has 0 aromatic heterocycles. The van der Waals surface area contributed by atoms with Gasteiger partial charge in [0, 0.05) is 18.8 Å². The van der Waals surface area contributed by atoms with Gasteiger partial charge < -0.3 is 0 Å². The van der Waals surface area contributed by atoms with Crippen molar-refractivity contribution in [2.24, 2.45) is 11.8 Å². The van der Waals surface area contributed by atoms with Crippen LogP contribution in [0.4, 0.5) is 8.78 Å². The van der Waals surface area contributed by atoms with Gasteiger partial charge in [-0.3, -0.25) is 0 Å². The first-order chi connectivity index (χ1) is 4.55. The zero-order valence-corrected chi connectivity index (χ0v) is 5.90. The maximum absolute atomic E-state index is 12.2. The molecule has 0 radical (unpaired) electrons. The monoisotopic (exact) mass is 144 g/mol. The average Bonchev–Trinajstić information content (AvgIpc) is 1.81. The molecule has 0 N–H and O–H groups in total. The van der Waals surface area contributed by atoms with Gasteiger partial charge in [-0.15, -0.1) is 12.3 Å². The van der Waals surface area contributed by atoms with Gasteiger partial charge in [-0.2, -0.15) is 0 Å². The standard InChI is InChI=1S/C8H10F2/c1-3-6(2)7-4-8(9,10)5-7/h1,6-7H,4-5H2,2H3. The predicted molar refractivity (Wildman–Crippen MR) is 35.7 cm³/mol. The highest BCUT2D eigenvalue weighted by Crippen LogP contribution is 2.45. The molecule has 0 amide bonds. The third-order valence-electron chi connectivity index (χ3n) is 2.09. The molecule has 0 aliphatic heterocycles. The summed E-state index contributed by atoms with van der Waals surface area (Å²) in [7, 11) is 0. The maximum Gasteiger partial charge on any atom is 0.248 e. The maximum atomic E-state index is 12.2. The minimum atomic E-state index is -2.42. The molecule has 0 bridgehead atoms. The molecule has 1 atom stereocenters. The largest absolute Gasteiger partial charge is 0.248 e. The highest BCUT2D eigenvalue weighted by Gasteiger charge is 2.46. The number of alkyl halides is 2. The van der Waals surface area contributed by atoms with Crippen LogP contribution in [0.2, 0.25) is 0 Å². The van der Waals surface area contributed by atoms with E-state index in [1.807, 2.05) is 6.92 Å². The second-order valence-corrected chi connectivity index (χ2v) is 2.98. The zero-order chi connectivity index (χ0) is 7.78. The van der Waals surface area contributed by atoms with E-state index in [4.69, 9.17) is 6.42 Å². The molecule has 0 saturated heterocycles. The van der Waals surface area contributed by atoms with Crippen molar-refractivity contribution < 1.29 is 8.78 Å². The summed E-state index contributed by atoms with van der Waals surface area (Å²) in [6, 6.07) is 0. The van der Waals surface area contributed by atoms with Crippen molar-refractivity contribution in [1.82, 2.24) is 0 Å². The summed E-state index contributed by atoms with van der Waals surface area (Å²) < 4.78 is 24.4. The molecular formula is C8H10F2. The Hall–Kier alpha value is -0.580. The predicted octanol–water partition coefficient (Wildman–Crippen LogP) is 2.30. The number of terminal acetylenes is 1. The molecule has 0 aromatic rings. The SMILES string of the molecule is C#CC(C)C1CC(F)(F)C1. The molecule has 1 fully saturated rings. The first-order valence-electron chi connectivity index (χ1n) is 3.39. The molecule has 1 aliphatic carbocycles. The van der Waals surface area contributed by atoms with Gasteiger partial charge in [-0.05, 0) is 5.92 Å². The van der Waals surface area contributed by atoms with E-state index in [0.717, 1.165) is 0 Å². The fourth-order valence-electron chi connectivity index (χ4n) is 1.20. The van der Waals surface area contributed by atoms with Crippen molar-refractivity contribution in [3.05, 3.63) is 0 Å². The highest BCUT2D eigenvalue weighted by molar-refractivity contribution is 5.00. The van der Waals surface area contributed by atoms with Crippen molar-refractivity contribution in [1.29, 1.82) is 0 Å². The highest BCUT2D eigenvalue weighted by atomic mass is 19.3. The number of rotatable bonds is 1. The van der Waals surface area contributed by atoms with Gasteiger partial charge in [0.2, 0.25) is 5.92 Å². The van der Waals surface area contributed by atoms with Gasteiger partial charge in [0.1, 0.15) is 0 Å². The topological polar surface area (TPSA) is 0 Å². The Labute approximate surface area is 59.6 Å². The van der Waals surface area contributed by atoms with Gasteiger partial charge in [-0.1, -0.05) is 6.92 Å². The van der Waals surface area contributed by atoms with Crippen molar-refractivity contribution in [3.63, 3.8) is 0 Å². The summed E-state index contributed by atoms with van der Waals surface area (Å²) in [6.45, 7) is 1.82. The van der Waals surface area contributed by atoms with Crippen LogP contribution in [0.5, 0.6) is 0 Å². The van der Waals surface area contributed by atoms with Crippen LogP contribution >= 0.6 is 0 Å². The van der Waals surface area contributed by atoms with Crippen molar-refractivity contribution in [2.75, 3.05) is 0 Å². The molecule has 1 rings (SSSR count). The van der Waals surface area contributed by atoms with E-state index in [-0.39, 0.29) is 24.7 Å². The van der Waals surface area contributed by atoms with Gasteiger partial charge in [0.15, 0.2) is 0 Å². The lowest BCUT2D eigenvalue weighted by molar-refractivity contribution is -0.118. The number of hydrogen-bond donors (Lipinski definition) is 0. The van der Waals surface area contributed by atoms with Crippen LogP contribution < -0.4 is 0 Å². The number of halogens is 2. The quantitative estimate of drug-likeness (QED) is 0.495. The summed E-state index contributed by atoms with van der Waals surface area (Å²) in [5.74, 6) is 0.120. The molecule has 0 heterocycles. The normalized spacial score (nSPS) is 26.6. The smallest absolute Gasteiger partial charge is 0.207 e. The average molecular weight is 144 g/mol. The Kier molecular flexibility index (Phi) is 1.68. The van der Waals surface area contributed by atoms with Crippen LogP contribution in [-0.4, -0.2) is 5.92 Å². The van der Waals surface area contributed by atoms with Crippen LogP contribution in [0.25, 0.3) is 0 Å². The molecule has 1 unspecified atom stereocenters. The lowest BCUT2D eigenvalue weighted by Gasteiger charge is -2.36. The Morgan fingerprint density at radius 2 is 2.10 bits per heavy atom. The molecule has 0 nitrogen and oxygen atoms in total. The van der Waals surface area contributed by atoms with Crippen LogP contribution in [0, 0.1) is 24.2 Å². The minimum absolute atomic E-state index is 0.0135. The summed E-state index contributed by atoms with van der Waals surface area (Å²) >= 11 is 0. The molecule has 1 saturated carbocycles. The summed E-state index contributed by atoms with van der Waals surface area (Å²) in [6.07, 6.45) is 5.05. The molecular weight excluding hydrogens is 134 g/mol. The third-order valence-corrected chi connectivity index (χ3v) is 2.09. The Morgan fingerprint density at radius 3 is 2.40 bits per heavy atom. The first kappa shape index (κ1) is 7.53. The molecule has 2 heteroatoms. The Bertz CT molecular complexity index is 159. The van der Waals surface area contributed by atoms with E-state index in [9.17, 15) is 8.78 Å². The summed E-state index contributed by atoms with van der Waals surface area (Å²) in [4.78, 5) is 0. The van der Waals surface area contributed by atoms with Gasteiger partial charge in [0.05, 0.1) is 0 Å². The Balaban J connectivity index is 2.34. The van der Waals surface area contributed by atoms with Crippen molar-refractivity contribution >= 4 is 0 Å². The van der Waals surface area contributed by atoms with Crippen molar-refractivity contribution in [3.8, 4) is 12.3 Å². The van der Waals surface area contributed by atoms with Gasteiger partial charge in [-0.25, -0.2) is 8.78 Å². The van der Waals surface area contributed by atoms with E-state index in [2.05, 4.69) is 5.92 Å². The fraction of sp³-hybridized carbons (Fsp3) is 0.750. The molecule has 0 spiro atoms. The second kappa shape index (κ2) is 2.23. The Morgan fingerprint density at radius 1 is 1.60 bits per heavy atom. The molecule has 1 aliphatic rings. The fourth-order valence-corrected chi connectivity index (χ4v) is 1.20. The van der Waals surface area contributed by atoms with Crippen LogP contribution in [0.3, 0.4) is 0 Å². The molecule has 10 heavy (non-hydrogen) atoms. The number of hydrogen-bond acceptors (Lipinski definition) is 0. The van der Waals surface area contributed by atoms with Gasteiger partial charge in [0.25, 0.3) is 0 Å². The van der Waals surface area contributed by atoms with E-state index < -0.39 is 5.92 Å². The third kappa shape index (κ3) is 1.29. The minimum Gasteiger partial charge on any atom is -0.207 e. The lowest BCUT2D eigenvalue weighted by atomic mass is 9.74. The van der Waals surface area contributed by atoms with Crippen LogP contribution in [0.1, 0.15) is 19.8 Å². The lowest BCUT2D eigenvalue weighted by Crippen LogP contribution is -2.38. The van der Waals surface area contributed by atoms with Crippen LogP contribution in [-0.2, 0) is 0 Å². The second-order valence-electron chi connectivity index (χ2n) is 2.98. The molecule has 56 valence electrons. The van der Waals surface area contributed by atoms with E-state index in [0.29, 0.717) is 0 Å². The van der Waals surface area contributed by atoms with E-state index in [1.54, 1.807) is 0 Å².